The summed E-state index contributed by atoms with van der Waals surface area (Å²) < 4.78 is 3.56. The van der Waals surface area contributed by atoms with Gasteiger partial charge >= 0.3 is 0 Å². The molecule has 0 saturated carbocycles. The average Bonchev–Trinajstić information content (AvgIpc) is 3.08. The zero-order valence-electron chi connectivity index (χ0n) is 17.5. The van der Waals surface area contributed by atoms with Gasteiger partial charge in [-0.1, -0.05) is 79.6 Å². The zero-order valence-corrected chi connectivity index (χ0v) is 19.7. The molecule has 0 amide bonds. The van der Waals surface area contributed by atoms with E-state index in [9.17, 15) is 0 Å². The van der Waals surface area contributed by atoms with Crippen LogP contribution in [0.15, 0.2) is 78.0 Å². The minimum absolute atomic E-state index is 0.166. The maximum Gasteiger partial charge on any atom is 0.0473 e. The molecule has 1 atom stereocenters. The Labute approximate surface area is 192 Å². The van der Waals surface area contributed by atoms with Crippen molar-refractivity contribution in [3.63, 3.8) is 0 Å². The summed E-state index contributed by atoms with van der Waals surface area (Å²) in [5.41, 5.74) is 12.7. The van der Waals surface area contributed by atoms with Crippen molar-refractivity contribution in [3.05, 3.63) is 104 Å². The third-order valence-corrected chi connectivity index (χ3v) is 5.90. The normalized spacial score (nSPS) is 12.2. The van der Waals surface area contributed by atoms with Crippen molar-refractivity contribution in [1.29, 1.82) is 0 Å². The summed E-state index contributed by atoms with van der Waals surface area (Å²) in [5.74, 6) is 0.371. The Bertz CT molecular complexity index is 962. The lowest BCUT2D eigenvalue weighted by atomic mass is 10.0. The van der Waals surface area contributed by atoms with Gasteiger partial charge in [-0.05, 0) is 51.2 Å². The number of hydrogen-bond donors (Lipinski definition) is 0. The summed E-state index contributed by atoms with van der Waals surface area (Å²) in [6, 6.07) is 23.5. The molecule has 1 aromatic heterocycles. The van der Waals surface area contributed by atoms with Gasteiger partial charge in [0.05, 0.1) is 0 Å². The molecular formula is C24H28IN5. The molecule has 1 unspecified atom stereocenters. The highest BCUT2D eigenvalue weighted by Crippen LogP contribution is 2.22. The predicted molar refractivity (Wildman–Crippen MR) is 131 cm³/mol. The Morgan fingerprint density at radius 3 is 2.23 bits per heavy atom. The molecule has 0 fully saturated rings. The SMILES string of the molecule is CC(C)C(CN=[N+]=[N-])N(Cc1ccccc1)Cc1cc(I)cn1Cc1ccccc1. The molecule has 3 rings (SSSR count). The number of nitrogens with zero attached hydrogens (tertiary/aromatic N) is 5. The van der Waals surface area contributed by atoms with Gasteiger partial charge < -0.3 is 4.57 Å². The largest absolute Gasteiger partial charge is 0.345 e. The molecule has 0 radical (unpaired) electrons. The van der Waals surface area contributed by atoms with Gasteiger partial charge in [-0.3, -0.25) is 4.90 Å². The first-order chi connectivity index (χ1) is 14.6. The highest BCUT2D eigenvalue weighted by atomic mass is 127. The molecule has 30 heavy (non-hydrogen) atoms. The van der Waals surface area contributed by atoms with Gasteiger partial charge in [0.15, 0.2) is 0 Å². The fourth-order valence-corrected chi connectivity index (χ4v) is 4.46. The van der Waals surface area contributed by atoms with E-state index in [1.54, 1.807) is 0 Å². The van der Waals surface area contributed by atoms with Crippen molar-refractivity contribution in [3.8, 4) is 0 Å². The molecular weight excluding hydrogens is 485 g/mol. The van der Waals surface area contributed by atoms with Crippen LogP contribution in [0.4, 0.5) is 0 Å². The maximum atomic E-state index is 8.90. The minimum atomic E-state index is 0.166. The number of azide groups is 1. The van der Waals surface area contributed by atoms with E-state index < -0.39 is 0 Å². The van der Waals surface area contributed by atoms with Crippen LogP contribution in [0.3, 0.4) is 0 Å². The molecule has 0 aliphatic rings. The fraction of sp³-hybridized carbons (Fsp3) is 0.333. The van der Waals surface area contributed by atoms with E-state index in [4.69, 9.17) is 5.53 Å². The second-order valence-corrected chi connectivity index (χ2v) is 9.12. The zero-order chi connectivity index (χ0) is 21.3. The van der Waals surface area contributed by atoms with Crippen molar-refractivity contribution in [2.24, 2.45) is 11.0 Å². The molecule has 156 valence electrons. The highest BCUT2D eigenvalue weighted by molar-refractivity contribution is 14.1. The number of hydrogen-bond acceptors (Lipinski definition) is 2. The number of benzene rings is 2. The number of rotatable bonds is 10. The van der Waals surface area contributed by atoms with Crippen LogP contribution in [0.1, 0.15) is 30.7 Å². The van der Waals surface area contributed by atoms with Crippen LogP contribution in [0.2, 0.25) is 0 Å². The summed E-state index contributed by atoms with van der Waals surface area (Å²) in [4.78, 5) is 5.47. The van der Waals surface area contributed by atoms with Crippen LogP contribution >= 0.6 is 22.6 Å². The molecule has 0 bridgehead atoms. The van der Waals surface area contributed by atoms with Crippen LogP contribution in [0.25, 0.3) is 10.4 Å². The first-order valence-electron chi connectivity index (χ1n) is 10.2. The predicted octanol–water partition coefficient (Wildman–Crippen LogP) is 6.48. The van der Waals surface area contributed by atoms with Crippen molar-refractivity contribution in [2.75, 3.05) is 6.54 Å². The van der Waals surface area contributed by atoms with Gasteiger partial charge in [0.2, 0.25) is 0 Å². The second-order valence-electron chi connectivity index (χ2n) is 7.88. The van der Waals surface area contributed by atoms with Crippen LogP contribution < -0.4 is 0 Å². The summed E-state index contributed by atoms with van der Waals surface area (Å²) >= 11 is 2.39. The highest BCUT2D eigenvalue weighted by Gasteiger charge is 2.23. The molecule has 6 heteroatoms. The van der Waals surface area contributed by atoms with E-state index in [-0.39, 0.29) is 6.04 Å². The van der Waals surface area contributed by atoms with Gasteiger partial charge in [-0.25, -0.2) is 0 Å². The van der Waals surface area contributed by atoms with E-state index in [1.165, 1.54) is 20.4 Å². The lowest BCUT2D eigenvalue weighted by molar-refractivity contribution is 0.139. The molecule has 0 spiro atoms. The van der Waals surface area contributed by atoms with Crippen molar-refractivity contribution < 1.29 is 0 Å². The quantitative estimate of drug-likeness (QED) is 0.133. The molecule has 5 nitrogen and oxygen atoms in total. The van der Waals surface area contributed by atoms with Gasteiger partial charge in [-0.2, -0.15) is 0 Å². The van der Waals surface area contributed by atoms with Gasteiger partial charge in [-0.15, -0.1) is 0 Å². The van der Waals surface area contributed by atoms with Gasteiger partial charge in [0.1, 0.15) is 0 Å². The van der Waals surface area contributed by atoms with Crippen molar-refractivity contribution >= 4 is 22.6 Å². The Balaban J connectivity index is 1.89. The fourth-order valence-electron chi connectivity index (χ4n) is 3.76. The van der Waals surface area contributed by atoms with E-state index in [0.717, 1.165) is 19.6 Å². The van der Waals surface area contributed by atoms with E-state index in [0.29, 0.717) is 12.5 Å². The van der Waals surface area contributed by atoms with Crippen LogP contribution in [-0.4, -0.2) is 22.1 Å². The molecule has 0 aliphatic heterocycles. The first kappa shape index (κ1) is 22.4. The molecule has 1 heterocycles. The summed E-state index contributed by atoms with van der Waals surface area (Å²) in [6.45, 7) is 7.33. The summed E-state index contributed by atoms with van der Waals surface area (Å²) in [5, 5.41) is 3.92. The number of aromatic nitrogens is 1. The monoisotopic (exact) mass is 513 g/mol. The van der Waals surface area contributed by atoms with Gasteiger partial charge in [0.25, 0.3) is 0 Å². The van der Waals surface area contributed by atoms with Crippen LogP contribution in [0, 0.1) is 9.49 Å². The Kier molecular flexibility index (Phi) is 8.37. The standard InChI is InChI=1S/C24H28IN5/c1-19(2)24(14-27-28-26)30(16-21-11-7-4-8-12-21)18-23-13-22(25)17-29(23)15-20-9-5-3-6-10-20/h3-13,17,19,24H,14-16,18H2,1-2H3. The second kappa shape index (κ2) is 11.2. The Morgan fingerprint density at radius 2 is 1.63 bits per heavy atom. The third-order valence-electron chi connectivity index (χ3n) is 5.31. The van der Waals surface area contributed by atoms with Crippen LogP contribution in [0.5, 0.6) is 0 Å². The molecule has 0 N–H and O–H groups in total. The Hall–Kier alpha value is -2.28. The topological polar surface area (TPSA) is 56.9 Å². The van der Waals surface area contributed by atoms with Crippen molar-refractivity contribution in [2.45, 2.75) is 39.5 Å². The Morgan fingerprint density at radius 1 is 1.00 bits per heavy atom. The molecule has 0 aliphatic carbocycles. The lowest BCUT2D eigenvalue weighted by Crippen LogP contribution is -2.40. The minimum Gasteiger partial charge on any atom is -0.345 e. The third kappa shape index (κ3) is 6.36. The van der Waals surface area contributed by atoms with Gasteiger partial charge in [0, 0.05) is 52.6 Å². The number of halogens is 1. The molecule has 3 aromatic rings. The average molecular weight is 513 g/mol. The maximum absolute atomic E-state index is 8.90. The summed E-state index contributed by atoms with van der Waals surface area (Å²) in [6.07, 6.45) is 2.21. The first-order valence-corrected chi connectivity index (χ1v) is 11.3. The molecule has 2 aromatic carbocycles. The van der Waals surface area contributed by atoms with E-state index in [2.05, 4.69) is 117 Å². The lowest BCUT2D eigenvalue weighted by Gasteiger charge is -2.34. The van der Waals surface area contributed by atoms with E-state index >= 15 is 0 Å². The summed E-state index contributed by atoms with van der Waals surface area (Å²) in [7, 11) is 0. The van der Waals surface area contributed by atoms with E-state index in [1.807, 2.05) is 12.1 Å². The molecule has 0 saturated heterocycles. The smallest absolute Gasteiger partial charge is 0.0473 e. The van der Waals surface area contributed by atoms with Crippen molar-refractivity contribution in [1.82, 2.24) is 9.47 Å². The van der Waals surface area contributed by atoms with Crippen LogP contribution in [-0.2, 0) is 19.6 Å².